The third kappa shape index (κ3) is 4.97. The van der Waals surface area contributed by atoms with Crippen molar-refractivity contribution in [2.24, 2.45) is 0 Å². The molecule has 0 saturated carbocycles. The number of ether oxygens (including phenoxy) is 4. The average molecular weight is 520 g/mol. The van der Waals surface area contributed by atoms with Crippen LogP contribution in [0.1, 0.15) is 6.92 Å². The summed E-state index contributed by atoms with van der Waals surface area (Å²) in [7, 11) is 1.30. The number of aliphatic hydroxyl groups is 3. The normalized spacial score (nSPS) is 23.5. The van der Waals surface area contributed by atoms with E-state index in [4.69, 9.17) is 23.4 Å². The van der Waals surface area contributed by atoms with Gasteiger partial charge in [-0.15, -0.1) is 0 Å². The summed E-state index contributed by atoms with van der Waals surface area (Å²) in [6, 6.07) is 5.92. The number of carbonyl (C=O) groups is 1. The second-order valence-corrected chi connectivity index (χ2v) is 8.25. The molecule has 0 spiro atoms. The summed E-state index contributed by atoms with van der Waals surface area (Å²) in [6.45, 7) is 0.631. The second-order valence-electron chi connectivity index (χ2n) is 8.25. The highest BCUT2D eigenvalue weighted by Gasteiger charge is 2.46. The first kappa shape index (κ1) is 26.0. The lowest BCUT2D eigenvalue weighted by molar-refractivity contribution is -0.278. The molecule has 5 atom stereocenters. The number of phenolic OH excluding ortho intramolecular Hbond substituents is 3. The van der Waals surface area contributed by atoms with Crippen LogP contribution in [0.4, 0.5) is 0 Å². The molecule has 3 aromatic rings. The quantitative estimate of drug-likeness (QED) is 0.243. The van der Waals surface area contributed by atoms with Gasteiger partial charge in [-0.25, -0.2) is 0 Å². The lowest BCUT2D eigenvalue weighted by Crippen LogP contribution is -2.60. The maximum absolute atomic E-state index is 13.5. The standard InChI is InChI=1S/C24H24O13/c1-9(25)34-8-16-18(29)20(31)21(32)24(36-16)37-23-19(30)17-13(28)6-11(26)7-15(17)35-22(23)10-3-4-12(27)14(5-10)33-2/h3-7,16,18,20-21,24,26-29,31-32H,8H2,1-2H3/t16-,18-,20?,21?,24+/m1/s1. The molecule has 1 aromatic heterocycles. The van der Waals surface area contributed by atoms with E-state index < -0.39 is 66.0 Å². The lowest BCUT2D eigenvalue weighted by atomic mass is 9.99. The molecule has 0 amide bonds. The van der Waals surface area contributed by atoms with Gasteiger partial charge in [0.25, 0.3) is 0 Å². The fourth-order valence-electron chi connectivity index (χ4n) is 3.85. The van der Waals surface area contributed by atoms with Gasteiger partial charge < -0.3 is 54.0 Å². The van der Waals surface area contributed by atoms with Crippen LogP contribution in [0.2, 0.25) is 0 Å². The predicted molar refractivity (Wildman–Crippen MR) is 123 cm³/mol. The van der Waals surface area contributed by atoms with E-state index in [-0.39, 0.29) is 33.8 Å². The number of fused-ring (bicyclic) bond motifs is 1. The third-order valence-electron chi connectivity index (χ3n) is 5.71. The lowest BCUT2D eigenvalue weighted by Gasteiger charge is -2.39. The molecule has 13 heteroatoms. The number of phenols is 3. The molecule has 0 aliphatic carbocycles. The van der Waals surface area contributed by atoms with E-state index in [1.54, 1.807) is 0 Å². The van der Waals surface area contributed by atoms with Crippen LogP contribution in [0, 0.1) is 0 Å². The highest BCUT2D eigenvalue weighted by Crippen LogP contribution is 2.39. The number of hydrogen-bond donors (Lipinski definition) is 6. The summed E-state index contributed by atoms with van der Waals surface area (Å²) in [4.78, 5) is 24.7. The fourth-order valence-corrected chi connectivity index (χ4v) is 3.85. The van der Waals surface area contributed by atoms with E-state index in [0.717, 1.165) is 19.1 Å². The zero-order chi connectivity index (χ0) is 27.0. The van der Waals surface area contributed by atoms with Crippen LogP contribution >= 0.6 is 0 Å². The molecule has 2 unspecified atom stereocenters. The molecule has 37 heavy (non-hydrogen) atoms. The van der Waals surface area contributed by atoms with E-state index in [1.165, 1.54) is 25.3 Å². The Hall–Kier alpha value is -4.04. The summed E-state index contributed by atoms with van der Waals surface area (Å²) in [5, 5.41) is 60.8. The van der Waals surface area contributed by atoms with E-state index in [1.807, 2.05) is 0 Å². The van der Waals surface area contributed by atoms with E-state index in [9.17, 15) is 40.2 Å². The Balaban J connectivity index is 1.85. The Labute approximate surface area is 208 Å². The van der Waals surface area contributed by atoms with Crippen molar-refractivity contribution in [3.05, 3.63) is 40.6 Å². The smallest absolute Gasteiger partial charge is 0.302 e. The Bertz CT molecular complexity index is 1380. The summed E-state index contributed by atoms with van der Waals surface area (Å²) >= 11 is 0. The largest absolute Gasteiger partial charge is 0.508 e. The highest BCUT2D eigenvalue weighted by atomic mass is 16.7. The van der Waals surface area contributed by atoms with Gasteiger partial charge in [0.15, 0.2) is 17.3 Å². The van der Waals surface area contributed by atoms with Crippen molar-refractivity contribution in [1.82, 2.24) is 0 Å². The van der Waals surface area contributed by atoms with Crippen molar-refractivity contribution in [2.75, 3.05) is 13.7 Å². The fraction of sp³-hybridized carbons (Fsp3) is 0.333. The van der Waals surface area contributed by atoms with Gasteiger partial charge in [0.05, 0.1) is 7.11 Å². The first-order valence-electron chi connectivity index (χ1n) is 10.9. The zero-order valence-electron chi connectivity index (χ0n) is 19.5. The molecule has 0 radical (unpaired) electrons. The van der Waals surface area contributed by atoms with Gasteiger partial charge in [0.1, 0.15) is 53.5 Å². The Morgan fingerprint density at radius 3 is 2.41 bits per heavy atom. The number of hydrogen-bond acceptors (Lipinski definition) is 13. The molecular formula is C24H24O13. The minimum absolute atomic E-state index is 0.0129. The molecule has 198 valence electrons. The monoisotopic (exact) mass is 520 g/mol. The molecule has 1 aliphatic heterocycles. The van der Waals surface area contributed by atoms with Crippen molar-refractivity contribution >= 4 is 16.9 Å². The Kier molecular flexibility index (Phi) is 7.14. The topological polar surface area (TPSA) is 206 Å². The summed E-state index contributed by atoms with van der Waals surface area (Å²) < 4.78 is 26.9. The maximum Gasteiger partial charge on any atom is 0.302 e. The third-order valence-corrected chi connectivity index (χ3v) is 5.71. The summed E-state index contributed by atoms with van der Waals surface area (Å²) in [5.74, 6) is -2.77. The van der Waals surface area contributed by atoms with Crippen LogP contribution in [0.3, 0.4) is 0 Å². The number of rotatable bonds is 6. The van der Waals surface area contributed by atoms with Crippen molar-refractivity contribution in [2.45, 2.75) is 37.6 Å². The van der Waals surface area contributed by atoms with Gasteiger partial charge in [0, 0.05) is 24.6 Å². The van der Waals surface area contributed by atoms with Gasteiger partial charge in [-0.2, -0.15) is 0 Å². The van der Waals surface area contributed by atoms with Gasteiger partial charge in [-0.1, -0.05) is 0 Å². The SMILES string of the molecule is COc1cc(-c2oc3cc(O)cc(O)c3c(=O)c2O[C@@H]2O[C@H](COC(C)=O)[C@@H](O)C(O)C2O)ccc1O. The first-order valence-corrected chi connectivity index (χ1v) is 10.9. The van der Waals surface area contributed by atoms with Crippen molar-refractivity contribution in [3.63, 3.8) is 0 Å². The maximum atomic E-state index is 13.5. The average Bonchev–Trinajstić information content (AvgIpc) is 2.84. The molecule has 13 nitrogen and oxygen atoms in total. The molecule has 1 fully saturated rings. The van der Waals surface area contributed by atoms with Crippen LogP contribution in [0.25, 0.3) is 22.3 Å². The van der Waals surface area contributed by atoms with E-state index in [2.05, 4.69) is 0 Å². The van der Waals surface area contributed by atoms with Gasteiger partial charge in [-0.05, 0) is 18.2 Å². The van der Waals surface area contributed by atoms with Gasteiger partial charge in [-0.3, -0.25) is 9.59 Å². The zero-order valence-corrected chi connectivity index (χ0v) is 19.5. The molecule has 6 N–H and O–H groups in total. The van der Waals surface area contributed by atoms with Crippen LogP contribution < -0.4 is 14.9 Å². The first-order chi connectivity index (χ1) is 17.5. The summed E-state index contributed by atoms with van der Waals surface area (Å²) in [6.07, 6.45) is -8.43. The summed E-state index contributed by atoms with van der Waals surface area (Å²) in [5.41, 5.74) is -1.01. The van der Waals surface area contributed by atoms with Crippen molar-refractivity contribution in [3.8, 4) is 40.1 Å². The molecule has 4 rings (SSSR count). The molecule has 2 aromatic carbocycles. The van der Waals surface area contributed by atoms with Crippen LogP contribution in [-0.2, 0) is 14.3 Å². The van der Waals surface area contributed by atoms with Crippen LogP contribution in [-0.4, -0.2) is 81.0 Å². The molecule has 2 heterocycles. The number of carbonyl (C=O) groups excluding carboxylic acids is 1. The molecule has 1 saturated heterocycles. The molecule has 0 bridgehead atoms. The van der Waals surface area contributed by atoms with Crippen molar-refractivity contribution in [1.29, 1.82) is 0 Å². The molecule has 1 aliphatic rings. The van der Waals surface area contributed by atoms with Crippen molar-refractivity contribution < 1.29 is 58.8 Å². The number of esters is 1. The van der Waals surface area contributed by atoms with E-state index >= 15 is 0 Å². The molecular weight excluding hydrogens is 496 g/mol. The minimum atomic E-state index is -1.87. The highest BCUT2D eigenvalue weighted by molar-refractivity contribution is 5.88. The van der Waals surface area contributed by atoms with E-state index in [0.29, 0.717) is 0 Å². The van der Waals surface area contributed by atoms with Crippen LogP contribution in [0.15, 0.2) is 39.5 Å². The number of aliphatic hydroxyl groups excluding tert-OH is 3. The Morgan fingerprint density at radius 2 is 1.73 bits per heavy atom. The number of benzene rings is 2. The van der Waals surface area contributed by atoms with Crippen LogP contribution in [0.5, 0.6) is 28.7 Å². The Morgan fingerprint density at radius 1 is 1.00 bits per heavy atom. The number of methoxy groups -OCH3 is 1. The van der Waals surface area contributed by atoms with Gasteiger partial charge >= 0.3 is 5.97 Å². The second kappa shape index (κ2) is 10.1. The minimum Gasteiger partial charge on any atom is -0.508 e. The van der Waals surface area contributed by atoms with Gasteiger partial charge in [0.2, 0.25) is 17.5 Å². The predicted octanol–water partition coefficient (Wildman–Crippen LogP) is 0.335. The number of aromatic hydroxyl groups is 3.